The Morgan fingerprint density at radius 3 is 2.64 bits per heavy atom. The quantitative estimate of drug-likeness (QED) is 0.777. The number of ether oxygens (including phenoxy) is 1. The van der Waals surface area contributed by atoms with Crippen LogP contribution in [-0.2, 0) is 0 Å². The minimum absolute atomic E-state index is 0.411. The second-order valence-corrected chi connectivity index (χ2v) is 6.32. The summed E-state index contributed by atoms with van der Waals surface area (Å²) in [5.41, 5.74) is 2.71. The van der Waals surface area contributed by atoms with Crippen LogP contribution in [0.1, 0.15) is 49.8 Å². The predicted octanol–water partition coefficient (Wildman–Crippen LogP) is 3.73. The smallest absolute Gasteiger partial charge is 0.123 e. The molecule has 1 N–H and O–H groups in total. The van der Waals surface area contributed by atoms with E-state index in [1.807, 2.05) is 6.08 Å². The van der Waals surface area contributed by atoms with E-state index in [4.69, 9.17) is 4.74 Å². The molecule has 0 saturated carbocycles. The second-order valence-electron chi connectivity index (χ2n) is 6.32. The normalized spacial score (nSPS) is 17.5. The lowest BCUT2D eigenvalue weighted by Crippen LogP contribution is -2.45. The molecule has 22 heavy (non-hydrogen) atoms. The van der Waals surface area contributed by atoms with E-state index >= 15 is 0 Å². The summed E-state index contributed by atoms with van der Waals surface area (Å²) in [6.07, 6.45) is 4.15. The number of rotatable bonds is 7. The van der Waals surface area contributed by atoms with E-state index in [1.165, 1.54) is 11.1 Å². The van der Waals surface area contributed by atoms with E-state index in [0.717, 1.165) is 44.8 Å². The lowest BCUT2D eigenvalue weighted by molar-refractivity contribution is 0.163. The van der Waals surface area contributed by atoms with Crippen molar-refractivity contribution in [2.24, 2.45) is 0 Å². The minimum Gasteiger partial charge on any atom is -0.496 e. The van der Waals surface area contributed by atoms with Gasteiger partial charge in [0.1, 0.15) is 5.75 Å². The summed E-state index contributed by atoms with van der Waals surface area (Å²) in [4.78, 5) is 2.59. The average molecular weight is 302 g/mol. The van der Waals surface area contributed by atoms with Gasteiger partial charge in [-0.1, -0.05) is 32.1 Å². The lowest BCUT2D eigenvalue weighted by atomic mass is 9.93. The number of methoxy groups -OCH3 is 1. The molecule has 1 aliphatic heterocycles. The molecule has 1 saturated heterocycles. The van der Waals surface area contributed by atoms with Crippen LogP contribution in [0.25, 0.3) is 0 Å². The number of piperazine rings is 1. The molecule has 2 rings (SSSR count). The topological polar surface area (TPSA) is 24.5 Å². The fraction of sp³-hybridized carbons (Fsp3) is 0.579. The first-order valence-electron chi connectivity index (χ1n) is 8.40. The lowest BCUT2D eigenvalue weighted by Gasteiger charge is -2.36. The van der Waals surface area contributed by atoms with E-state index in [1.54, 1.807) is 7.11 Å². The van der Waals surface area contributed by atoms with Gasteiger partial charge in [-0.15, -0.1) is 6.58 Å². The molecule has 0 bridgehead atoms. The van der Waals surface area contributed by atoms with Gasteiger partial charge in [0.15, 0.2) is 0 Å². The van der Waals surface area contributed by atoms with Gasteiger partial charge >= 0.3 is 0 Å². The van der Waals surface area contributed by atoms with Gasteiger partial charge in [0.2, 0.25) is 0 Å². The fourth-order valence-electron chi connectivity index (χ4n) is 3.18. The summed E-state index contributed by atoms with van der Waals surface area (Å²) in [7, 11) is 1.77. The second kappa shape index (κ2) is 8.35. The van der Waals surface area contributed by atoms with Gasteiger partial charge in [-0.2, -0.15) is 0 Å². The van der Waals surface area contributed by atoms with Crippen LogP contribution in [0.15, 0.2) is 30.9 Å². The largest absolute Gasteiger partial charge is 0.496 e. The maximum absolute atomic E-state index is 5.66. The number of nitrogens with zero attached hydrogens (tertiary/aromatic N) is 1. The summed E-state index contributed by atoms with van der Waals surface area (Å²) in [5, 5.41) is 3.44. The molecule has 3 nitrogen and oxygen atoms in total. The third kappa shape index (κ3) is 4.11. The Kier molecular flexibility index (Phi) is 6.47. The highest BCUT2D eigenvalue weighted by atomic mass is 16.5. The van der Waals surface area contributed by atoms with Crippen molar-refractivity contribution in [1.29, 1.82) is 0 Å². The van der Waals surface area contributed by atoms with Crippen molar-refractivity contribution < 1.29 is 4.74 Å². The van der Waals surface area contributed by atoms with Crippen LogP contribution in [-0.4, -0.2) is 38.2 Å². The first-order chi connectivity index (χ1) is 10.7. The Morgan fingerprint density at radius 2 is 2.05 bits per heavy atom. The van der Waals surface area contributed by atoms with Gasteiger partial charge in [0, 0.05) is 37.8 Å². The highest BCUT2D eigenvalue weighted by molar-refractivity contribution is 5.40. The fourth-order valence-corrected chi connectivity index (χ4v) is 3.18. The summed E-state index contributed by atoms with van der Waals surface area (Å²) >= 11 is 0. The van der Waals surface area contributed by atoms with Crippen LogP contribution < -0.4 is 10.1 Å². The molecule has 0 radical (unpaired) electrons. The number of nitrogens with one attached hydrogen (secondary N) is 1. The van der Waals surface area contributed by atoms with Crippen molar-refractivity contribution in [2.75, 3.05) is 33.3 Å². The molecule has 0 aliphatic carbocycles. The highest BCUT2D eigenvalue weighted by Gasteiger charge is 2.24. The first-order valence-corrected chi connectivity index (χ1v) is 8.40. The Balaban J connectivity index is 2.34. The van der Waals surface area contributed by atoms with Crippen molar-refractivity contribution in [2.45, 2.75) is 38.6 Å². The van der Waals surface area contributed by atoms with Crippen molar-refractivity contribution in [3.05, 3.63) is 42.0 Å². The molecule has 0 unspecified atom stereocenters. The van der Waals surface area contributed by atoms with E-state index in [-0.39, 0.29) is 0 Å². The van der Waals surface area contributed by atoms with E-state index in [0.29, 0.717) is 12.0 Å². The number of benzene rings is 1. The summed E-state index contributed by atoms with van der Waals surface area (Å²) in [6, 6.07) is 7.08. The van der Waals surface area contributed by atoms with Crippen LogP contribution in [0.2, 0.25) is 0 Å². The van der Waals surface area contributed by atoms with Crippen LogP contribution in [0.3, 0.4) is 0 Å². The van der Waals surface area contributed by atoms with Crippen molar-refractivity contribution in [1.82, 2.24) is 10.2 Å². The van der Waals surface area contributed by atoms with E-state index in [9.17, 15) is 0 Å². The summed E-state index contributed by atoms with van der Waals surface area (Å²) in [5.74, 6) is 1.55. The zero-order valence-corrected chi connectivity index (χ0v) is 14.3. The number of hydrogen-bond acceptors (Lipinski definition) is 3. The third-order valence-electron chi connectivity index (χ3n) is 4.52. The third-order valence-corrected chi connectivity index (χ3v) is 4.52. The molecule has 1 fully saturated rings. The molecule has 122 valence electrons. The molecule has 1 atom stereocenters. The number of allylic oxidation sites excluding steroid dienone is 1. The molecular formula is C19H30N2O. The van der Waals surface area contributed by atoms with Crippen LogP contribution in [0.5, 0.6) is 5.75 Å². The molecule has 1 aromatic rings. The minimum atomic E-state index is 0.411. The van der Waals surface area contributed by atoms with Crippen molar-refractivity contribution >= 4 is 0 Å². The average Bonchev–Trinajstić information content (AvgIpc) is 2.56. The monoisotopic (exact) mass is 302 g/mol. The van der Waals surface area contributed by atoms with Crippen molar-refractivity contribution in [3.63, 3.8) is 0 Å². The van der Waals surface area contributed by atoms with Gasteiger partial charge < -0.3 is 10.1 Å². The van der Waals surface area contributed by atoms with E-state index in [2.05, 4.69) is 48.8 Å². The molecular weight excluding hydrogens is 272 g/mol. The van der Waals surface area contributed by atoms with E-state index < -0.39 is 0 Å². The van der Waals surface area contributed by atoms with Crippen LogP contribution in [0.4, 0.5) is 0 Å². The Bertz CT molecular complexity index is 478. The Labute approximate surface area is 135 Å². The zero-order valence-electron chi connectivity index (χ0n) is 14.3. The molecule has 0 spiro atoms. The summed E-state index contributed by atoms with van der Waals surface area (Å²) in [6.45, 7) is 12.7. The molecule has 1 aromatic carbocycles. The van der Waals surface area contributed by atoms with Crippen molar-refractivity contribution in [3.8, 4) is 5.75 Å². The molecule has 1 aliphatic rings. The predicted molar refractivity (Wildman–Crippen MR) is 93.7 cm³/mol. The molecule has 0 aromatic heterocycles. The number of hydrogen-bond donors (Lipinski definition) is 1. The zero-order chi connectivity index (χ0) is 15.9. The maximum Gasteiger partial charge on any atom is 0.123 e. The molecule has 0 amide bonds. The summed E-state index contributed by atoms with van der Waals surface area (Å²) < 4.78 is 5.66. The molecule has 3 heteroatoms. The Hall–Kier alpha value is -1.32. The SMILES string of the molecule is C=CCC[C@H](c1cc(C(C)C)ccc1OC)N1CCNCC1. The van der Waals surface area contributed by atoms with Gasteiger partial charge in [-0.25, -0.2) is 0 Å². The van der Waals surface area contributed by atoms with Crippen LogP contribution in [0, 0.1) is 0 Å². The van der Waals surface area contributed by atoms with Gasteiger partial charge in [-0.3, -0.25) is 4.90 Å². The Morgan fingerprint density at radius 1 is 1.32 bits per heavy atom. The van der Waals surface area contributed by atoms with Gasteiger partial charge in [0.25, 0.3) is 0 Å². The van der Waals surface area contributed by atoms with Gasteiger partial charge in [0.05, 0.1) is 7.11 Å². The van der Waals surface area contributed by atoms with Crippen LogP contribution >= 0.6 is 0 Å². The highest BCUT2D eigenvalue weighted by Crippen LogP contribution is 2.35. The molecule has 1 heterocycles. The maximum atomic E-state index is 5.66. The standard InChI is InChI=1S/C19H30N2O/c1-5-6-7-18(21-12-10-20-11-13-21)17-14-16(15(2)3)8-9-19(17)22-4/h5,8-9,14-15,18,20H,1,6-7,10-13H2,2-4H3/t18-/m1/s1. The first kappa shape index (κ1) is 17.0. The van der Waals surface area contributed by atoms with Gasteiger partial charge in [-0.05, 0) is 30.4 Å².